The van der Waals surface area contributed by atoms with E-state index in [0.717, 1.165) is 0 Å². The second-order valence-electron chi connectivity index (χ2n) is 9.85. The van der Waals surface area contributed by atoms with Crippen LogP contribution in [0, 0.1) is 18.7 Å². The first-order valence-electron chi connectivity index (χ1n) is 12.4. The molecule has 1 aliphatic heterocycles. The Kier molecular flexibility index (Phi) is 4.46. The van der Waals surface area contributed by atoms with Gasteiger partial charge in [0.2, 0.25) is 0 Å². The molecule has 0 saturated heterocycles. The molecule has 0 radical (unpaired) electrons. The summed E-state index contributed by atoms with van der Waals surface area (Å²) in [6.07, 6.45) is 7.21. The molecule has 0 saturated carbocycles. The van der Waals surface area contributed by atoms with E-state index >= 15 is 0 Å². The molecule has 1 heterocycles. The number of hydrogen-bond acceptors (Lipinski definition) is 0. The highest BCUT2D eigenvalue weighted by molar-refractivity contribution is 6.45. The van der Waals surface area contributed by atoms with Gasteiger partial charge in [-0.2, -0.15) is 0 Å². The van der Waals surface area contributed by atoms with E-state index in [0.29, 0.717) is 0 Å². The van der Waals surface area contributed by atoms with E-state index in [1.807, 2.05) is 0 Å². The normalized spacial score (nSPS) is 15.6. The summed E-state index contributed by atoms with van der Waals surface area (Å²) in [7, 11) is 0.0755. The third kappa shape index (κ3) is 2.82. The monoisotopic (exact) mass is 462 g/mol. The average Bonchev–Trinajstić information content (AvgIpc) is 3.28. The van der Waals surface area contributed by atoms with Gasteiger partial charge in [-0.3, -0.25) is 0 Å². The molecule has 5 aromatic carbocycles. The molecule has 35 heavy (non-hydrogen) atoms. The van der Waals surface area contributed by atoms with E-state index in [9.17, 15) is 0 Å². The fourth-order valence-electron chi connectivity index (χ4n) is 6.55. The summed E-state index contributed by atoms with van der Waals surface area (Å²) < 4.78 is 0. The van der Waals surface area contributed by atoms with Crippen LogP contribution in [0.5, 0.6) is 0 Å². The minimum atomic E-state index is -0.362. The lowest BCUT2D eigenvalue weighted by Crippen LogP contribution is -2.34. The molecule has 0 nitrogen and oxygen atoms in total. The summed E-state index contributed by atoms with van der Waals surface area (Å²) in [4.78, 5) is 1.51. The van der Waals surface area contributed by atoms with Gasteiger partial charge >= 0.3 is 0 Å². The van der Waals surface area contributed by atoms with Crippen molar-refractivity contribution in [3.63, 3.8) is 0 Å². The molecule has 166 valence electrons. The molecule has 0 spiro atoms. The molecule has 0 bridgehead atoms. The molecular formula is C34H26Si. The minimum Gasteiger partial charge on any atom is -0.0651 e. The van der Waals surface area contributed by atoms with Crippen LogP contribution in [-0.2, 0) is 5.41 Å². The maximum atomic E-state index is 2.50. The fraction of sp³-hybridized carbons (Fsp3) is 0.0882. The quantitative estimate of drug-likeness (QED) is 0.250. The summed E-state index contributed by atoms with van der Waals surface area (Å²) in [6, 6.07) is 36.1. The van der Waals surface area contributed by atoms with Crippen molar-refractivity contribution < 1.29 is 0 Å². The number of aryl methyl sites for hydroxylation is 2. The van der Waals surface area contributed by atoms with E-state index in [-0.39, 0.29) is 14.5 Å². The first-order chi connectivity index (χ1) is 17.2. The van der Waals surface area contributed by atoms with Crippen LogP contribution in [0.15, 0.2) is 120 Å². The van der Waals surface area contributed by atoms with Gasteiger partial charge in [-0.25, -0.2) is 0 Å². The van der Waals surface area contributed by atoms with Crippen LogP contribution in [0.1, 0.15) is 22.3 Å². The molecule has 0 unspecified atom stereocenters. The number of fused-ring (bicyclic) bond motifs is 4. The lowest BCUT2D eigenvalue weighted by Gasteiger charge is -2.40. The molecule has 5 aromatic rings. The van der Waals surface area contributed by atoms with Crippen molar-refractivity contribution in [3.05, 3.63) is 153 Å². The molecule has 0 aromatic heterocycles. The highest BCUT2D eigenvalue weighted by atomic mass is 28.2. The van der Waals surface area contributed by atoms with Crippen LogP contribution in [0.3, 0.4) is 0 Å². The zero-order chi connectivity index (χ0) is 23.6. The third-order valence-corrected chi connectivity index (χ3v) is 9.52. The van der Waals surface area contributed by atoms with Crippen molar-refractivity contribution in [1.29, 1.82) is 0 Å². The van der Waals surface area contributed by atoms with Crippen LogP contribution in [0.4, 0.5) is 0 Å². The van der Waals surface area contributed by atoms with Gasteiger partial charge in [-0.15, -0.1) is 0 Å². The van der Waals surface area contributed by atoms with Crippen LogP contribution >= 0.6 is 0 Å². The van der Waals surface area contributed by atoms with Gasteiger partial charge in [-0.05, 0) is 78.4 Å². The Bertz CT molecular complexity index is 1780. The molecule has 1 heteroatoms. The second-order valence-corrected chi connectivity index (χ2v) is 11.4. The van der Waals surface area contributed by atoms with Gasteiger partial charge < -0.3 is 0 Å². The molecular weight excluding hydrogens is 436 g/mol. The number of hydrogen-bond donors (Lipinski definition) is 0. The summed E-state index contributed by atoms with van der Waals surface area (Å²) in [5.41, 5.74) is 6.65. The predicted octanol–water partition coefficient (Wildman–Crippen LogP) is 6.90. The number of rotatable bonds is 2. The Morgan fingerprint density at radius 2 is 1.17 bits per heavy atom. The summed E-state index contributed by atoms with van der Waals surface area (Å²) in [5.74, 6) is 0. The number of benzene rings is 5. The first-order valence-corrected chi connectivity index (χ1v) is 13.5. The molecule has 0 N–H and O–H groups in total. The minimum absolute atomic E-state index is 0.0755. The van der Waals surface area contributed by atoms with Crippen LogP contribution in [0.2, 0.25) is 0 Å². The smallest absolute Gasteiger partial charge is 0.0651 e. The summed E-state index contributed by atoms with van der Waals surface area (Å²) in [6.45, 7) is 4.59. The first kappa shape index (κ1) is 20.6. The fourth-order valence-corrected chi connectivity index (χ4v) is 8.22. The van der Waals surface area contributed by atoms with E-state index in [1.165, 1.54) is 64.6 Å². The van der Waals surface area contributed by atoms with Crippen molar-refractivity contribution in [2.24, 2.45) is 0 Å². The Morgan fingerprint density at radius 1 is 0.600 bits per heavy atom. The SMILES string of the molecule is Cc1ccc2ccccc2c1C1(c2c(C)ccc3ccccc23)C=CC=C2[SiH]=c3ccccc3=C21. The van der Waals surface area contributed by atoms with Crippen molar-refractivity contribution in [3.8, 4) is 0 Å². The standard InChI is InChI=1S/C34H26Si/c1-22-17-19-24-10-3-5-12-26(24)31(22)34(32-23(2)18-20-25-11-4-6-13-27(25)32)21-9-16-30-33(34)28-14-7-8-15-29(28)35-30/h3-21,35H,1-2H3. The van der Waals surface area contributed by atoms with Crippen molar-refractivity contribution in [2.75, 3.05) is 0 Å². The van der Waals surface area contributed by atoms with E-state index in [4.69, 9.17) is 0 Å². The molecule has 0 atom stereocenters. The zero-order valence-corrected chi connectivity index (χ0v) is 21.2. The molecule has 1 aliphatic carbocycles. The van der Waals surface area contributed by atoms with Crippen LogP contribution < -0.4 is 5.22 Å². The Morgan fingerprint density at radius 3 is 1.83 bits per heavy atom. The molecule has 2 aliphatic rings. The molecule has 0 amide bonds. The number of allylic oxidation sites excluding steroid dienone is 4. The Balaban J connectivity index is 1.78. The Hall–Kier alpha value is -3.81. The van der Waals surface area contributed by atoms with E-state index in [2.05, 4.69) is 129 Å². The second kappa shape index (κ2) is 7.60. The summed E-state index contributed by atoms with van der Waals surface area (Å²) >= 11 is 0. The lowest BCUT2D eigenvalue weighted by atomic mass is 9.62. The zero-order valence-electron chi connectivity index (χ0n) is 20.0. The maximum absolute atomic E-state index is 2.50. The Labute approximate surface area is 208 Å². The summed E-state index contributed by atoms with van der Waals surface area (Å²) in [5, 5.41) is 8.24. The van der Waals surface area contributed by atoms with Crippen molar-refractivity contribution in [1.82, 2.24) is 0 Å². The van der Waals surface area contributed by atoms with Gasteiger partial charge in [-0.1, -0.05) is 115 Å². The van der Waals surface area contributed by atoms with Gasteiger partial charge in [0.05, 0.1) is 5.41 Å². The van der Waals surface area contributed by atoms with Gasteiger partial charge in [0.25, 0.3) is 0 Å². The van der Waals surface area contributed by atoms with Crippen molar-refractivity contribution in [2.45, 2.75) is 19.3 Å². The van der Waals surface area contributed by atoms with Gasteiger partial charge in [0.1, 0.15) is 0 Å². The molecule has 7 rings (SSSR count). The molecule has 0 fully saturated rings. The highest BCUT2D eigenvalue weighted by Gasteiger charge is 2.43. The van der Waals surface area contributed by atoms with Gasteiger partial charge in [0, 0.05) is 9.13 Å². The maximum Gasteiger partial charge on any atom is 0.0659 e. The largest absolute Gasteiger partial charge is 0.0659 e. The van der Waals surface area contributed by atoms with Gasteiger partial charge in [0.15, 0.2) is 0 Å². The topological polar surface area (TPSA) is 0 Å². The van der Waals surface area contributed by atoms with Crippen LogP contribution in [-0.4, -0.2) is 9.13 Å². The lowest BCUT2D eigenvalue weighted by molar-refractivity contribution is 0.832. The van der Waals surface area contributed by atoms with E-state index in [1.54, 1.807) is 0 Å². The highest BCUT2D eigenvalue weighted by Crippen LogP contribution is 2.52. The average molecular weight is 463 g/mol. The van der Waals surface area contributed by atoms with E-state index < -0.39 is 0 Å². The van der Waals surface area contributed by atoms with Crippen LogP contribution in [0.25, 0.3) is 27.1 Å². The predicted molar refractivity (Wildman–Crippen MR) is 151 cm³/mol. The van der Waals surface area contributed by atoms with Crippen molar-refractivity contribution >= 4 is 36.2 Å². The third-order valence-electron chi connectivity index (χ3n) is 7.91.